The average molecular weight is 1530 g/mol. The number of nitrogens with zero attached hydrogens (tertiary/aromatic N) is 2. The van der Waals surface area contributed by atoms with E-state index in [4.69, 9.17) is 37.9 Å². The van der Waals surface area contributed by atoms with Gasteiger partial charge in [0.2, 0.25) is 0 Å². The monoisotopic (exact) mass is 1520 g/mol. The molecular formula is C78H94B2Br4N2O8. The minimum absolute atomic E-state index is 0.0170. The Morgan fingerprint density at radius 3 is 1.12 bits per heavy atom. The van der Waals surface area contributed by atoms with Gasteiger partial charge in [-0.2, -0.15) is 0 Å². The van der Waals surface area contributed by atoms with Crippen molar-refractivity contribution in [1.82, 2.24) is 0 Å². The predicted molar refractivity (Wildman–Crippen MR) is 408 cm³/mol. The lowest BCUT2D eigenvalue weighted by atomic mass is 9.79. The molecule has 2 saturated heterocycles. The Bertz CT molecular complexity index is 3530. The number of hydrogen-bond donors (Lipinski definition) is 1. The molecule has 498 valence electrons. The Morgan fingerprint density at radius 1 is 0.404 bits per heavy atom. The summed E-state index contributed by atoms with van der Waals surface area (Å²) in [6, 6.07) is 60.2. The molecule has 2 aliphatic heterocycles. The minimum Gasteiger partial charge on any atom is -0.496 e. The number of benzene rings is 8. The molecule has 2 heterocycles. The number of rotatable bonds is 25. The summed E-state index contributed by atoms with van der Waals surface area (Å²) in [4.78, 5) is 4.61. The molecule has 0 unspecified atom stereocenters. The van der Waals surface area contributed by atoms with Crippen molar-refractivity contribution in [3.63, 3.8) is 0 Å². The summed E-state index contributed by atoms with van der Waals surface area (Å²) in [6.07, 6.45) is 12.3. The molecule has 94 heavy (non-hydrogen) atoms. The molecule has 2 fully saturated rings. The van der Waals surface area contributed by atoms with Crippen molar-refractivity contribution in [2.75, 3.05) is 41.8 Å². The molecule has 10 rings (SSSR count). The normalized spacial score (nSPS) is 15.0. The predicted octanol–water partition coefficient (Wildman–Crippen LogP) is 20.9. The van der Waals surface area contributed by atoms with Crippen LogP contribution in [-0.4, -0.2) is 73.7 Å². The van der Waals surface area contributed by atoms with Crippen LogP contribution in [0.3, 0.4) is 0 Å². The molecule has 8 aromatic rings. The lowest BCUT2D eigenvalue weighted by Gasteiger charge is -2.32. The molecule has 0 amide bonds. The van der Waals surface area contributed by atoms with E-state index in [1.165, 1.54) is 68.1 Å². The molecule has 0 saturated carbocycles. The fourth-order valence-corrected chi connectivity index (χ4v) is 13.0. The van der Waals surface area contributed by atoms with Gasteiger partial charge in [-0.05, 0) is 259 Å². The standard InChI is InChI=1S/C36H48B2BrNO4.C34H38BrNO2.C8H8Br2O2/c1-33(2)34(3,4)42-37(41-33)28-16-22-31(23-17-28)40(30-20-14-27(15-21-30)13-11-9-10-12-26-39)32-24-18-29(19-25-32)38-43-35(5,6)36(7,8)44-38;1-25-10-16-29(17-11-25)36(30-18-12-27(13-19-30)9-7-5-6-8-22-35)31-20-14-28(15-21-31)32-24-33(37-3)26(2)23-34(32)38-4;1-12-8-3-6(9)5(4-11)2-7(8)10/h14-25H,9-13,26H2,1-8H3;10-21,23-24H,5-9,22H2,1-4H3;2-3,11H,4H2,1H3. The molecule has 0 aliphatic carbocycles. The highest BCUT2D eigenvalue weighted by atomic mass is 79.9. The van der Waals surface area contributed by atoms with Gasteiger partial charge in [0.1, 0.15) is 17.2 Å². The van der Waals surface area contributed by atoms with Gasteiger partial charge in [-0.15, -0.1) is 0 Å². The number of alkyl halides is 2. The highest BCUT2D eigenvalue weighted by Gasteiger charge is 2.53. The Balaban J connectivity index is 0.000000206. The highest BCUT2D eigenvalue weighted by molar-refractivity contribution is 9.11. The van der Waals surface area contributed by atoms with Crippen LogP contribution in [0.2, 0.25) is 0 Å². The van der Waals surface area contributed by atoms with Gasteiger partial charge < -0.3 is 47.7 Å². The number of aliphatic hydroxyl groups is 1. The number of methoxy groups -OCH3 is 3. The molecule has 0 spiro atoms. The highest BCUT2D eigenvalue weighted by Crippen LogP contribution is 2.42. The SMILES string of the molecule is CC1(C)OB(c2ccc(N(c3ccc(CCCCCCBr)cc3)c3ccc(B4OC(C)(C)C(C)(C)O4)cc3)cc2)OC1(C)C.COc1cc(-c2ccc(N(c3ccc(C)cc3)c3ccc(CCCCCCBr)cc3)cc2)c(OC)cc1C.COc1cc(Br)c(CO)cc1Br. The van der Waals surface area contributed by atoms with E-state index in [0.717, 1.165) is 117 Å². The summed E-state index contributed by atoms with van der Waals surface area (Å²) < 4.78 is 43.3. The zero-order valence-electron chi connectivity index (χ0n) is 57.2. The minimum atomic E-state index is -0.393. The fraction of sp³-hybridized carbons (Fsp3) is 0.385. The maximum Gasteiger partial charge on any atom is 0.494 e. The largest absolute Gasteiger partial charge is 0.496 e. The molecule has 10 nitrogen and oxygen atoms in total. The van der Waals surface area contributed by atoms with Crippen molar-refractivity contribution in [3.8, 4) is 28.4 Å². The number of anilines is 6. The topological polar surface area (TPSA) is 91.3 Å². The Hall–Kier alpha value is -5.39. The van der Waals surface area contributed by atoms with Crippen molar-refractivity contribution in [1.29, 1.82) is 0 Å². The van der Waals surface area contributed by atoms with Crippen LogP contribution in [0.25, 0.3) is 11.1 Å². The number of hydrogen-bond acceptors (Lipinski definition) is 10. The number of ether oxygens (including phenoxy) is 3. The first-order valence-corrected chi connectivity index (χ1v) is 36.6. The van der Waals surface area contributed by atoms with E-state index in [0.29, 0.717) is 0 Å². The summed E-state index contributed by atoms with van der Waals surface area (Å²) in [7, 11) is 4.24. The number of halogens is 4. The lowest BCUT2D eigenvalue weighted by Crippen LogP contribution is -2.41. The van der Waals surface area contributed by atoms with E-state index >= 15 is 0 Å². The second-order valence-corrected chi connectivity index (χ2v) is 29.5. The number of aryl methyl sites for hydroxylation is 4. The zero-order chi connectivity index (χ0) is 67.8. The van der Waals surface area contributed by atoms with Crippen LogP contribution in [0, 0.1) is 13.8 Å². The van der Waals surface area contributed by atoms with Gasteiger partial charge in [0.05, 0.1) is 54.8 Å². The Labute approximate surface area is 595 Å². The summed E-state index contributed by atoms with van der Waals surface area (Å²) in [5.41, 5.74) is 15.2. The van der Waals surface area contributed by atoms with E-state index in [-0.39, 0.29) is 29.0 Å². The average Bonchev–Trinajstić information content (AvgIpc) is 1.56. The second kappa shape index (κ2) is 34.2. The first-order chi connectivity index (χ1) is 44.9. The van der Waals surface area contributed by atoms with Crippen LogP contribution in [0.15, 0.2) is 179 Å². The summed E-state index contributed by atoms with van der Waals surface area (Å²) in [6.45, 7) is 20.9. The number of aliphatic hydroxyl groups excluding tert-OH is 1. The van der Waals surface area contributed by atoms with Crippen molar-refractivity contribution < 1.29 is 37.9 Å². The molecular weight excluding hydrogens is 1430 g/mol. The quantitative estimate of drug-likeness (QED) is 0.0339. The van der Waals surface area contributed by atoms with Gasteiger partial charge in [0, 0.05) is 54.8 Å². The van der Waals surface area contributed by atoms with Crippen molar-refractivity contribution in [3.05, 3.63) is 207 Å². The number of unbranched alkanes of at least 4 members (excludes halogenated alkanes) is 6. The first kappa shape index (κ1) is 74.4. The van der Waals surface area contributed by atoms with E-state index < -0.39 is 14.2 Å². The molecule has 0 radical (unpaired) electrons. The van der Waals surface area contributed by atoms with Gasteiger partial charge in [-0.25, -0.2) is 0 Å². The Morgan fingerprint density at radius 2 is 0.755 bits per heavy atom. The van der Waals surface area contributed by atoms with Gasteiger partial charge >= 0.3 is 14.2 Å². The smallest absolute Gasteiger partial charge is 0.494 e. The van der Waals surface area contributed by atoms with Gasteiger partial charge in [0.15, 0.2) is 0 Å². The fourth-order valence-electron chi connectivity index (χ4n) is 11.2. The third-order valence-electron chi connectivity index (χ3n) is 18.4. The van der Waals surface area contributed by atoms with Crippen LogP contribution in [0.1, 0.15) is 135 Å². The molecule has 1 N–H and O–H groups in total. The molecule has 0 atom stereocenters. The van der Waals surface area contributed by atoms with Crippen LogP contribution >= 0.6 is 63.7 Å². The summed E-state index contributed by atoms with van der Waals surface area (Å²) in [5.74, 6) is 2.45. The second-order valence-electron chi connectivity index (χ2n) is 26.2. The molecule has 16 heteroatoms. The van der Waals surface area contributed by atoms with E-state index in [2.05, 4.69) is 287 Å². The van der Waals surface area contributed by atoms with Gasteiger partial charge in [-0.1, -0.05) is 152 Å². The maximum absolute atomic E-state index is 8.91. The van der Waals surface area contributed by atoms with Crippen molar-refractivity contribution in [2.24, 2.45) is 0 Å². The van der Waals surface area contributed by atoms with E-state index in [1.807, 2.05) is 25.1 Å². The third-order valence-corrected chi connectivity index (χ3v) is 20.9. The van der Waals surface area contributed by atoms with Gasteiger partial charge in [-0.3, -0.25) is 0 Å². The lowest BCUT2D eigenvalue weighted by molar-refractivity contribution is 0.00578. The van der Waals surface area contributed by atoms with Crippen LogP contribution in [0.5, 0.6) is 17.2 Å². The van der Waals surface area contributed by atoms with Crippen LogP contribution in [0.4, 0.5) is 34.1 Å². The van der Waals surface area contributed by atoms with Gasteiger partial charge in [0.25, 0.3) is 0 Å². The molecule has 2 aliphatic rings. The summed E-state index contributed by atoms with van der Waals surface area (Å²) >= 11 is 13.7. The Kier molecular flexibility index (Phi) is 27.1. The third kappa shape index (κ3) is 19.0. The van der Waals surface area contributed by atoms with E-state index in [9.17, 15) is 0 Å². The summed E-state index contributed by atoms with van der Waals surface area (Å²) in [5, 5.41) is 11.1. The maximum atomic E-state index is 8.91. The first-order valence-electron chi connectivity index (χ1n) is 32.8. The molecule has 8 aromatic carbocycles. The zero-order valence-corrected chi connectivity index (χ0v) is 63.6. The van der Waals surface area contributed by atoms with E-state index in [1.54, 1.807) is 21.3 Å². The molecule has 0 bridgehead atoms. The van der Waals surface area contributed by atoms with Crippen molar-refractivity contribution >= 4 is 123 Å². The van der Waals surface area contributed by atoms with Crippen molar-refractivity contribution in [2.45, 2.75) is 162 Å². The molecule has 0 aromatic heterocycles. The van der Waals surface area contributed by atoms with Crippen LogP contribution < -0.4 is 34.9 Å². The van der Waals surface area contributed by atoms with Crippen LogP contribution in [-0.2, 0) is 38.1 Å².